The van der Waals surface area contributed by atoms with E-state index < -0.39 is 40.6 Å². The van der Waals surface area contributed by atoms with Gasteiger partial charge in [-0.15, -0.1) is 0 Å². The van der Waals surface area contributed by atoms with Crippen LogP contribution in [0.4, 0.5) is 13.2 Å². The maximum atomic E-state index is 14.6. The van der Waals surface area contributed by atoms with Gasteiger partial charge in [0.15, 0.2) is 5.65 Å². The Morgan fingerprint density at radius 2 is 1.70 bits per heavy atom. The maximum absolute atomic E-state index is 14.6. The molecule has 4 aromatic heterocycles. The normalized spacial score (nSPS) is 17.9. The Morgan fingerprint density at radius 1 is 0.907 bits per heavy atom. The average molecular weight is 739 g/mol. The van der Waals surface area contributed by atoms with Gasteiger partial charge in [-0.25, -0.2) is 32.5 Å². The fourth-order valence-corrected chi connectivity index (χ4v) is 7.44. The van der Waals surface area contributed by atoms with Gasteiger partial charge in [0.25, 0.3) is 11.5 Å². The smallest absolute Gasteiger partial charge is 0.337 e. The molecular weight excluding hydrogens is 701 g/mol. The van der Waals surface area contributed by atoms with Crippen molar-refractivity contribution >= 4 is 22.6 Å². The number of carbonyl (C=O) groups is 1. The summed E-state index contributed by atoms with van der Waals surface area (Å²) in [4.78, 5) is 52.1. The van der Waals surface area contributed by atoms with Crippen LogP contribution >= 0.6 is 0 Å². The highest BCUT2D eigenvalue weighted by Gasteiger charge is 2.29. The molecule has 2 fully saturated rings. The lowest BCUT2D eigenvalue weighted by Gasteiger charge is -2.30. The van der Waals surface area contributed by atoms with Crippen LogP contribution in [0, 0.1) is 17.5 Å². The van der Waals surface area contributed by atoms with Gasteiger partial charge in [-0.05, 0) is 73.7 Å². The van der Waals surface area contributed by atoms with Crippen molar-refractivity contribution in [2.24, 2.45) is 0 Å². The van der Waals surface area contributed by atoms with Crippen LogP contribution in [0.2, 0.25) is 0 Å². The minimum atomic E-state index is -0.722. The summed E-state index contributed by atoms with van der Waals surface area (Å²) in [5.74, 6) is -1.69. The van der Waals surface area contributed by atoms with Gasteiger partial charge < -0.3 is 19.8 Å². The maximum Gasteiger partial charge on any atom is 0.337 e. The van der Waals surface area contributed by atoms with E-state index in [1.165, 1.54) is 45.6 Å². The first-order valence-electron chi connectivity index (χ1n) is 18.0. The topological polar surface area (TPSA) is 128 Å². The Hall–Kier alpha value is -5.80. The van der Waals surface area contributed by atoms with Crippen molar-refractivity contribution in [3.8, 4) is 22.6 Å². The van der Waals surface area contributed by atoms with E-state index in [1.807, 2.05) is 6.07 Å². The van der Waals surface area contributed by atoms with Crippen molar-refractivity contribution in [3.63, 3.8) is 0 Å². The molecule has 1 saturated carbocycles. The molecule has 1 saturated heterocycles. The number of pyridine rings is 2. The fourth-order valence-electron chi connectivity index (χ4n) is 7.44. The number of imidazole rings is 1. The van der Waals surface area contributed by atoms with E-state index in [9.17, 15) is 27.6 Å². The molecule has 54 heavy (non-hydrogen) atoms. The molecule has 0 bridgehead atoms. The molecule has 8 rings (SSSR count). The van der Waals surface area contributed by atoms with Crippen LogP contribution in [0.25, 0.3) is 33.5 Å². The van der Waals surface area contributed by atoms with E-state index in [4.69, 9.17) is 4.74 Å². The van der Waals surface area contributed by atoms with Crippen molar-refractivity contribution in [3.05, 3.63) is 123 Å². The molecule has 2 aliphatic rings. The first-order chi connectivity index (χ1) is 26.2. The number of aromatic nitrogens is 5. The lowest BCUT2D eigenvalue weighted by Crippen LogP contribution is -2.45. The van der Waals surface area contributed by atoms with Crippen molar-refractivity contribution < 1.29 is 22.7 Å². The number of ether oxygens (including phenoxy) is 1. The van der Waals surface area contributed by atoms with Crippen LogP contribution in [-0.2, 0) is 0 Å². The molecule has 0 spiro atoms. The highest BCUT2D eigenvalue weighted by atomic mass is 19.1. The van der Waals surface area contributed by atoms with E-state index in [0.29, 0.717) is 67.0 Å². The zero-order valence-corrected chi connectivity index (χ0v) is 29.2. The summed E-state index contributed by atoms with van der Waals surface area (Å²) in [6.07, 6.45) is 5.34. The Labute approximate surface area is 306 Å². The number of benzene rings is 2. The Kier molecular flexibility index (Phi) is 9.73. The van der Waals surface area contributed by atoms with Crippen molar-refractivity contribution in [1.29, 1.82) is 0 Å². The van der Waals surface area contributed by atoms with Gasteiger partial charge >= 0.3 is 5.69 Å². The number of fused-ring (bicyclic) bond motifs is 2. The van der Waals surface area contributed by atoms with Gasteiger partial charge in [-0.1, -0.05) is 12.1 Å². The molecule has 0 unspecified atom stereocenters. The van der Waals surface area contributed by atoms with Gasteiger partial charge in [0.1, 0.15) is 41.1 Å². The number of rotatable bonds is 9. The molecule has 5 heterocycles. The first-order valence-corrected chi connectivity index (χ1v) is 18.0. The van der Waals surface area contributed by atoms with Gasteiger partial charge in [0, 0.05) is 68.8 Å². The summed E-state index contributed by atoms with van der Waals surface area (Å²) >= 11 is 0. The summed E-state index contributed by atoms with van der Waals surface area (Å²) < 4.78 is 52.7. The molecule has 15 heteroatoms. The monoisotopic (exact) mass is 738 g/mol. The second-order valence-electron chi connectivity index (χ2n) is 13.7. The molecule has 12 nitrogen and oxygen atoms in total. The summed E-state index contributed by atoms with van der Waals surface area (Å²) in [5.41, 5.74) is 0.900. The summed E-state index contributed by atoms with van der Waals surface area (Å²) in [6.45, 7) is 4.63. The average Bonchev–Trinajstić information content (AvgIpc) is 3.60. The zero-order valence-electron chi connectivity index (χ0n) is 29.2. The zero-order chi connectivity index (χ0) is 37.3. The van der Waals surface area contributed by atoms with Crippen molar-refractivity contribution in [1.82, 2.24) is 39.0 Å². The Bertz CT molecular complexity index is 2490. The third-order valence-electron chi connectivity index (χ3n) is 10.2. The predicted molar refractivity (Wildman–Crippen MR) is 196 cm³/mol. The minimum Gasteiger partial charge on any atom is -0.491 e. The highest BCUT2D eigenvalue weighted by Crippen LogP contribution is 2.33. The second kappa shape index (κ2) is 14.9. The number of carbonyl (C=O) groups excluding carboxylic acids is 1. The van der Waals surface area contributed by atoms with Crippen LogP contribution in [0.5, 0.6) is 5.75 Å². The van der Waals surface area contributed by atoms with E-state index in [1.54, 1.807) is 24.3 Å². The number of nitrogens with zero attached hydrogens (tertiary/aromatic N) is 6. The lowest BCUT2D eigenvalue weighted by atomic mass is 9.90. The number of hydrogen-bond acceptors (Lipinski definition) is 8. The number of piperazine rings is 1. The number of nitrogens with one attached hydrogen (secondary N) is 2. The van der Waals surface area contributed by atoms with Gasteiger partial charge in [-0.3, -0.25) is 19.1 Å². The van der Waals surface area contributed by atoms with E-state index in [0.717, 1.165) is 43.0 Å². The molecule has 1 aliphatic heterocycles. The Balaban J connectivity index is 1.07. The molecule has 0 radical (unpaired) electrons. The predicted octanol–water partition coefficient (Wildman–Crippen LogP) is 4.48. The SMILES string of the molecule is O=C(NC1CCC(n2c(=O)c3cc(F)cnc3n(-c3cccc(-c4ccc(F)cc4OCCN4CCNCC4)c3)c2=O)CC1)c1cn2cc(F)ccc2n1. The summed E-state index contributed by atoms with van der Waals surface area (Å²) in [6, 6.07) is 14.3. The molecule has 2 N–H and O–H groups in total. The van der Waals surface area contributed by atoms with E-state index >= 15 is 0 Å². The molecule has 1 amide bonds. The molecule has 6 aromatic rings. The number of amides is 1. The molecule has 1 aliphatic carbocycles. The standard InChI is InChI=1S/C39H37F3N8O4/c40-25-4-10-31(34(20-25)54-17-16-47-14-12-43-13-15-47)24-2-1-3-30(18-24)49-36-32(19-27(42)21-44-36)38(52)50(39(49)53)29-8-6-28(7-9-29)45-37(51)33-23-48-22-26(41)5-11-35(48)46-33/h1-5,10-11,18-23,28-29,43H,6-9,12-17H2,(H,45,51). The largest absolute Gasteiger partial charge is 0.491 e. The number of halogens is 3. The van der Waals surface area contributed by atoms with Gasteiger partial charge in [0.05, 0.1) is 17.3 Å². The Morgan fingerprint density at radius 3 is 2.52 bits per heavy atom. The number of hydrogen-bond donors (Lipinski definition) is 2. The third-order valence-corrected chi connectivity index (χ3v) is 10.2. The van der Waals surface area contributed by atoms with Gasteiger partial charge in [0.2, 0.25) is 0 Å². The van der Waals surface area contributed by atoms with Gasteiger partial charge in [-0.2, -0.15) is 0 Å². The molecular formula is C39H37F3N8O4. The molecule has 2 aromatic carbocycles. The van der Waals surface area contributed by atoms with Crippen molar-refractivity contribution in [2.75, 3.05) is 39.3 Å². The fraction of sp³-hybridized carbons (Fsp3) is 0.308. The first kappa shape index (κ1) is 35.2. The van der Waals surface area contributed by atoms with Crippen LogP contribution in [0.15, 0.2) is 88.8 Å². The second-order valence-corrected chi connectivity index (χ2v) is 13.7. The highest BCUT2D eigenvalue weighted by molar-refractivity contribution is 5.93. The summed E-state index contributed by atoms with van der Waals surface area (Å²) in [7, 11) is 0. The van der Waals surface area contributed by atoms with Crippen LogP contribution in [0.3, 0.4) is 0 Å². The third kappa shape index (κ3) is 7.11. The van der Waals surface area contributed by atoms with E-state index in [2.05, 4.69) is 25.5 Å². The van der Waals surface area contributed by atoms with Crippen LogP contribution in [-0.4, -0.2) is 79.7 Å². The quantitative estimate of drug-likeness (QED) is 0.223. The lowest BCUT2D eigenvalue weighted by molar-refractivity contribution is 0.0917. The molecule has 0 atom stereocenters. The van der Waals surface area contributed by atoms with Crippen molar-refractivity contribution in [2.45, 2.75) is 37.8 Å². The summed E-state index contributed by atoms with van der Waals surface area (Å²) in [5, 5.41) is 6.23. The van der Waals surface area contributed by atoms with Crippen LogP contribution in [0.1, 0.15) is 42.2 Å². The minimum absolute atomic E-state index is 0.000291. The molecule has 278 valence electrons. The van der Waals surface area contributed by atoms with Crippen LogP contribution < -0.4 is 26.6 Å². The van der Waals surface area contributed by atoms with E-state index in [-0.39, 0.29) is 22.8 Å².